The number of piperidine rings is 1. The van der Waals surface area contributed by atoms with Crippen LogP contribution in [0.5, 0.6) is 0 Å². The molecule has 2 aliphatic heterocycles. The molecule has 2 heterocycles. The van der Waals surface area contributed by atoms with Gasteiger partial charge in [0, 0.05) is 24.3 Å². The first-order chi connectivity index (χ1) is 10.2. The number of carbonyl (C=O) groups is 1. The molecular weight excluding hydrogens is 269 g/mol. The summed E-state index contributed by atoms with van der Waals surface area (Å²) in [4.78, 5) is 14.5. The fraction of sp³-hybridized carbons (Fsp3) is 0.562. The minimum Gasteiger partial charge on any atom is -0.325 e. The maximum absolute atomic E-state index is 12.8. The predicted octanol–water partition coefficient (Wildman–Crippen LogP) is 1.98. The van der Waals surface area contributed by atoms with Crippen LogP contribution in [0.4, 0.5) is 10.1 Å². The normalized spacial score (nSPS) is 25.6. The van der Waals surface area contributed by atoms with Gasteiger partial charge in [0.25, 0.3) is 0 Å². The Morgan fingerprint density at radius 2 is 2.00 bits per heavy atom. The molecule has 1 aromatic carbocycles. The molecule has 2 unspecified atom stereocenters. The Morgan fingerprint density at radius 1 is 1.19 bits per heavy atom. The van der Waals surface area contributed by atoms with Crippen molar-refractivity contribution in [2.75, 3.05) is 25.0 Å². The molecule has 0 aromatic heterocycles. The summed E-state index contributed by atoms with van der Waals surface area (Å²) < 4.78 is 12.8. The van der Waals surface area contributed by atoms with Crippen LogP contribution in [0, 0.1) is 5.82 Å². The molecule has 4 nitrogen and oxygen atoms in total. The lowest BCUT2D eigenvalue weighted by Crippen LogP contribution is -2.46. The molecule has 21 heavy (non-hydrogen) atoms. The van der Waals surface area contributed by atoms with E-state index < -0.39 is 0 Å². The summed E-state index contributed by atoms with van der Waals surface area (Å²) in [5.41, 5.74) is 0.633. The highest BCUT2D eigenvalue weighted by Crippen LogP contribution is 2.26. The second-order valence-corrected chi connectivity index (χ2v) is 5.93. The lowest BCUT2D eigenvalue weighted by Gasteiger charge is -2.32. The number of amides is 1. The minimum absolute atomic E-state index is 0.0733. The van der Waals surface area contributed by atoms with E-state index >= 15 is 0 Å². The smallest absolute Gasteiger partial charge is 0.238 e. The van der Waals surface area contributed by atoms with E-state index in [1.807, 2.05) is 0 Å². The number of halogens is 1. The molecule has 1 aromatic rings. The Bertz CT molecular complexity index is 491. The Balaban J connectivity index is 1.46. The van der Waals surface area contributed by atoms with E-state index in [9.17, 15) is 9.18 Å². The van der Waals surface area contributed by atoms with Gasteiger partial charge in [-0.2, -0.15) is 0 Å². The molecular formula is C16H22FN3O. The molecule has 2 aliphatic rings. The van der Waals surface area contributed by atoms with Gasteiger partial charge in [0.05, 0.1) is 6.54 Å². The van der Waals surface area contributed by atoms with Gasteiger partial charge in [-0.1, -0.05) is 6.42 Å². The summed E-state index contributed by atoms with van der Waals surface area (Å²) in [5.74, 6) is -0.370. The Morgan fingerprint density at radius 3 is 2.81 bits per heavy atom. The van der Waals surface area contributed by atoms with Gasteiger partial charge in [0.15, 0.2) is 0 Å². The van der Waals surface area contributed by atoms with Gasteiger partial charge < -0.3 is 10.6 Å². The molecule has 0 aliphatic carbocycles. The van der Waals surface area contributed by atoms with Gasteiger partial charge >= 0.3 is 0 Å². The Labute approximate surface area is 124 Å². The lowest BCUT2D eigenvalue weighted by molar-refractivity contribution is -0.115. The lowest BCUT2D eigenvalue weighted by atomic mass is 9.99. The van der Waals surface area contributed by atoms with Crippen molar-refractivity contribution in [2.45, 2.75) is 37.8 Å². The van der Waals surface area contributed by atoms with E-state index in [1.165, 1.54) is 37.9 Å². The highest BCUT2D eigenvalue weighted by molar-refractivity contribution is 5.92. The highest BCUT2D eigenvalue weighted by atomic mass is 19.1. The van der Waals surface area contributed by atoms with Crippen molar-refractivity contribution >= 4 is 11.6 Å². The van der Waals surface area contributed by atoms with Gasteiger partial charge in [0.1, 0.15) is 5.82 Å². The first-order valence-corrected chi connectivity index (χ1v) is 7.75. The average Bonchev–Trinajstić information content (AvgIpc) is 2.91. The maximum atomic E-state index is 12.8. The minimum atomic E-state index is -0.297. The average molecular weight is 291 g/mol. The number of nitrogens with zero attached hydrogens (tertiary/aromatic N) is 1. The van der Waals surface area contributed by atoms with Crippen molar-refractivity contribution < 1.29 is 9.18 Å². The number of fused-ring (bicyclic) bond motifs is 1. The van der Waals surface area contributed by atoms with Crippen molar-refractivity contribution in [1.29, 1.82) is 0 Å². The van der Waals surface area contributed by atoms with Crippen LogP contribution in [-0.4, -0.2) is 42.5 Å². The monoisotopic (exact) mass is 291 g/mol. The van der Waals surface area contributed by atoms with Crippen LogP contribution in [0.25, 0.3) is 0 Å². The third kappa shape index (κ3) is 3.60. The molecule has 2 saturated heterocycles. The summed E-state index contributed by atoms with van der Waals surface area (Å²) in [5, 5.41) is 6.17. The fourth-order valence-corrected chi connectivity index (χ4v) is 3.45. The number of rotatable bonds is 4. The SMILES string of the molecule is O=C(CNC1CCN2CCCCC12)Nc1ccc(F)cc1. The van der Waals surface area contributed by atoms with Crippen LogP contribution in [-0.2, 0) is 4.79 Å². The Hall–Kier alpha value is -1.46. The number of hydrogen-bond donors (Lipinski definition) is 2. The second-order valence-electron chi connectivity index (χ2n) is 5.93. The summed E-state index contributed by atoms with van der Waals surface area (Å²) in [6.45, 7) is 2.65. The molecule has 0 saturated carbocycles. The van der Waals surface area contributed by atoms with Crippen molar-refractivity contribution in [3.63, 3.8) is 0 Å². The summed E-state index contributed by atoms with van der Waals surface area (Å²) in [6.07, 6.45) is 4.95. The topological polar surface area (TPSA) is 44.4 Å². The van der Waals surface area contributed by atoms with Gasteiger partial charge in [-0.05, 0) is 50.1 Å². The van der Waals surface area contributed by atoms with Crippen molar-refractivity contribution in [2.24, 2.45) is 0 Å². The highest BCUT2D eigenvalue weighted by Gasteiger charge is 2.35. The first kappa shape index (κ1) is 14.5. The van der Waals surface area contributed by atoms with Crippen LogP contribution in [0.2, 0.25) is 0 Å². The molecule has 2 N–H and O–H groups in total. The van der Waals surface area contributed by atoms with Crippen LogP contribution < -0.4 is 10.6 Å². The summed E-state index contributed by atoms with van der Waals surface area (Å²) in [7, 11) is 0. The van der Waals surface area contributed by atoms with Gasteiger partial charge in [-0.3, -0.25) is 9.69 Å². The van der Waals surface area contributed by atoms with Crippen LogP contribution in [0.15, 0.2) is 24.3 Å². The number of anilines is 1. The van der Waals surface area contributed by atoms with E-state index in [0.717, 1.165) is 13.0 Å². The molecule has 0 radical (unpaired) electrons. The fourth-order valence-electron chi connectivity index (χ4n) is 3.45. The molecule has 0 bridgehead atoms. The molecule has 5 heteroatoms. The van der Waals surface area contributed by atoms with Crippen LogP contribution in [0.3, 0.4) is 0 Å². The molecule has 3 rings (SSSR count). The number of benzene rings is 1. The van der Waals surface area contributed by atoms with E-state index in [-0.39, 0.29) is 11.7 Å². The third-order valence-electron chi connectivity index (χ3n) is 4.51. The quantitative estimate of drug-likeness (QED) is 0.891. The number of carbonyl (C=O) groups excluding carboxylic acids is 1. The van der Waals surface area contributed by atoms with Crippen molar-refractivity contribution in [1.82, 2.24) is 10.2 Å². The Kier molecular flexibility index (Phi) is 4.51. The maximum Gasteiger partial charge on any atom is 0.238 e. The number of hydrogen-bond acceptors (Lipinski definition) is 3. The second kappa shape index (κ2) is 6.54. The van der Waals surface area contributed by atoms with Crippen molar-refractivity contribution in [3.05, 3.63) is 30.1 Å². The van der Waals surface area contributed by atoms with Crippen molar-refractivity contribution in [3.8, 4) is 0 Å². The number of nitrogens with one attached hydrogen (secondary N) is 2. The zero-order chi connectivity index (χ0) is 14.7. The predicted molar refractivity (Wildman–Crippen MR) is 80.6 cm³/mol. The molecule has 0 spiro atoms. The summed E-state index contributed by atoms with van der Waals surface area (Å²) in [6, 6.07) is 6.86. The zero-order valence-corrected chi connectivity index (χ0v) is 12.1. The molecule has 114 valence electrons. The zero-order valence-electron chi connectivity index (χ0n) is 12.1. The third-order valence-corrected chi connectivity index (χ3v) is 4.51. The summed E-state index contributed by atoms with van der Waals surface area (Å²) >= 11 is 0. The van der Waals surface area contributed by atoms with Gasteiger partial charge in [-0.25, -0.2) is 4.39 Å². The van der Waals surface area contributed by atoms with Crippen LogP contribution >= 0.6 is 0 Å². The molecule has 1 amide bonds. The van der Waals surface area contributed by atoms with E-state index in [4.69, 9.17) is 0 Å². The molecule has 2 atom stereocenters. The van der Waals surface area contributed by atoms with E-state index in [1.54, 1.807) is 12.1 Å². The molecule has 2 fully saturated rings. The van der Waals surface area contributed by atoms with Crippen LogP contribution in [0.1, 0.15) is 25.7 Å². The van der Waals surface area contributed by atoms with E-state index in [0.29, 0.717) is 24.3 Å². The van der Waals surface area contributed by atoms with E-state index in [2.05, 4.69) is 15.5 Å². The van der Waals surface area contributed by atoms with Gasteiger partial charge in [0.2, 0.25) is 5.91 Å². The van der Waals surface area contributed by atoms with Gasteiger partial charge in [-0.15, -0.1) is 0 Å². The standard InChI is InChI=1S/C16H22FN3O/c17-12-4-6-13(7-5-12)19-16(21)11-18-14-8-10-20-9-2-1-3-15(14)20/h4-7,14-15,18H,1-3,8-11H2,(H,19,21). The largest absolute Gasteiger partial charge is 0.325 e. The first-order valence-electron chi connectivity index (χ1n) is 7.75.